The standard InChI is InChI=1S/C14H18N2O2S/c1-10-7-16-14(19-10)9-15-8-11-4-12(17-2)6-13(5-11)18-3/h4-7,15H,8-9H2,1-3H3. The van der Waals surface area contributed by atoms with Crippen molar-refractivity contribution in [2.45, 2.75) is 20.0 Å². The summed E-state index contributed by atoms with van der Waals surface area (Å²) < 4.78 is 10.5. The zero-order valence-corrected chi connectivity index (χ0v) is 12.2. The Labute approximate surface area is 117 Å². The second-order valence-electron chi connectivity index (χ2n) is 4.19. The monoisotopic (exact) mass is 278 g/mol. The molecule has 0 radical (unpaired) electrons. The SMILES string of the molecule is COc1cc(CNCc2ncc(C)s2)cc(OC)c1. The number of rotatable bonds is 6. The van der Waals surface area contributed by atoms with Gasteiger partial charge in [-0.25, -0.2) is 4.98 Å². The Hall–Kier alpha value is -1.59. The van der Waals surface area contributed by atoms with Gasteiger partial charge in [-0.05, 0) is 24.6 Å². The Balaban J connectivity index is 1.95. The predicted octanol–water partition coefficient (Wildman–Crippen LogP) is 2.76. The van der Waals surface area contributed by atoms with Crippen molar-refractivity contribution < 1.29 is 9.47 Å². The highest BCUT2D eigenvalue weighted by Crippen LogP contribution is 2.22. The van der Waals surface area contributed by atoms with E-state index < -0.39 is 0 Å². The molecule has 0 saturated heterocycles. The van der Waals surface area contributed by atoms with Crippen LogP contribution >= 0.6 is 11.3 Å². The van der Waals surface area contributed by atoms with E-state index in [1.807, 2.05) is 24.4 Å². The Morgan fingerprint density at radius 1 is 1.11 bits per heavy atom. The van der Waals surface area contributed by atoms with Crippen molar-refractivity contribution in [2.24, 2.45) is 0 Å². The van der Waals surface area contributed by atoms with E-state index in [1.165, 1.54) is 4.88 Å². The molecule has 1 heterocycles. The molecule has 102 valence electrons. The quantitative estimate of drug-likeness (QED) is 0.882. The first-order chi connectivity index (χ1) is 9.21. The van der Waals surface area contributed by atoms with Crippen LogP contribution in [0.3, 0.4) is 0 Å². The molecule has 0 bridgehead atoms. The van der Waals surface area contributed by atoms with Crippen molar-refractivity contribution in [1.82, 2.24) is 10.3 Å². The summed E-state index contributed by atoms with van der Waals surface area (Å²) in [5.74, 6) is 1.61. The maximum atomic E-state index is 5.25. The summed E-state index contributed by atoms with van der Waals surface area (Å²) in [5, 5.41) is 4.47. The van der Waals surface area contributed by atoms with Gasteiger partial charge in [-0.3, -0.25) is 0 Å². The van der Waals surface area contributed by atoms with E-state index in [4.69, 9.17) is 9.47 Å². The molecule has 1 N–H and O–H groups in total. The molecule has 19 heavy (non-hydrogen) atoms. The van der Waals surface area contributed by atoms with Crippen LogP contribution in [0.1, 0.15) is 15.4 Å². The smallest absolute Gasteiger partial charge is 0.122 e. The average Bonchev–Trinajstić information content (AvgIpc) is 2.84. The van der Waals surface area contributed by atoms with Crippen LogP contribution in [-0.2, 0) is 13.1 Å². The van der Waals surface area contributed by atoms with Gasteiger partial charge in [0, 0.05) is 30.2 Å². The van der Waals surface area contributed by atoms with Crippen LogP contribution in [0.15, 0.2) is 24.4 Å². The van der Waals surface area contributed by atoms with E-state index in [0.717, 1.165) is 35.2 Å². The molecule has 1 aromatic heterocycles. The lowest BCUT2D eigenvalue weighted by Gasteiger charge is -2.08. The minimum Gasteiger partial charge on any atom is -0.497 e. The van der Waals surface area contributed by atoms with Crippen LogP contribution in [0.5, 0.6) is 11.5 Å². The van der Waals surface area contributed by atoms with Crippen LogP contribution in [0.25, 0.3) is 0 Å². The summed E-state index contributed by atoms with van der Waals surface area (Å²) in [5.41, 5.74) is 1.13. The number of aromatic nitrogens is 1. The van der Waals surface area contributed by atoms with E-state index in [9.17, 15) is 0 Å². The number of ether oxygens (including phenoxy) is 2. The molecule has 2 aromatic rings. The van der Waals surface area contributed by atoms with Gasteiger partial charge in [0.1, 0.15) is 16.5 Å². The van der Waals surface area contributed by atoms with Gasteiger partial charge in [-0.1, -0.05) is 0 Å². The minimum atomic E-state index is 0.756. The highest BCUT2D eigenvalue weighted by molar-refractivity contribution is 7.11. The molecular formula is C14H18N2O2S. The largest absolute Gasteiger partial charge is 0.497 e. The fraction of sp³-hybridized carbons (Fsp3) is 0.357. The minimum absolute atomic E-state index is 0.756. The van der Waals surface area contributed by atoms with Gasteiger partial charge in [0.2, 0.25) is 0 Å². The van der Waals surface area contributed by atoms with Crippen molar-refractivity contribution >= 4 is 11.3 Å². The number of nitrogens with zero attached hydrogens (tertiary/aromatic N) is 1. The van der Waals surface area contributed by atoms with E-state index in [2.05, 4.69) is 17.2 Å². The second-order valence-corrected chi connectivity index (χ2v) is 5.51. The summed E-state index contributed by atoms with van der Waals surface area (Å²) in [4.78, 5) is 5.56. The number of thiazole rings is 1. The topological polar surface area (TPSA) is 43.4 Å². The van der Waals surface area contributed by atoms with Crippen molar-refractivity contribution in [3.8, 4) is 11.5 Å². The van der Waals surface area contributed by atoms with Crippen molar-refractivity contribution in [1.29, 1.82) is 0 Å². The van der Waals surface area contributed by atoms with Gasteiger partial charge in [-0.2, -0.15) is 0 Å². The number of nitrogens with one attached hydrogen (secondary N) is 1. The Bertz CT molecular complexity index is 518. The summed E-state index contributed by atoms with van der Waals surface area (Å²) >= 11 is 1.72. The summed E-state index contributed by atoms with van der Waals surface area (Å²) in [6, 6.07) is 5.87. The van der Waals surface area contributed by atoms with Gasteiger partial charge in [-0.15, -0.1) is 11.3 Å². The van der Waals surface area contributed by atoms with Gasteiger partial charge >= 0.3 is 0 Å². The van der Waals surface area contributed by atoms with Crippen molar-refractivity contribution in [2.75, 3.05) is 14.2 Å². The molecule has 0 unspecified atom stereocenters. The van der Waals surface area contributed by atoms with E-state index in [1.54, 1.807) is 25.6 Å². The number of methoxy groups -OCH3 is 2. The molecule has 1 aromatic carbocycles. The van der Waals surface area contributed by atoms with Gasteiger partial charge < -0.3 is 14.8 Å². The predicted molar refractivity (Wildman–Crippen MR) is 76.9 cm³/mol. The maximum absolute atomic E-state index is 5.25. The number of benzene rings is 1. The van der Waals surface area contributed by atoms with Gasteiger partial charge in [0.25, 0.3) is 0 Å². The van der Waals surface area contributed by atoms with Crippen LogP contribution in [-0.4, -0.2) is 19.2 Å². The second kappa shape index (κ2) is 6.54. The molecule has 2 rings (SSSR count). The Morgan fingerprint density at radius 3 is 2.32 bits per heavy atom. The number of aryl methyl sites for hydroxylation is 1. The maximum Gasteiger partial charge on any atom is 0.122 e. The molecule has 0 amide bonds. The third-order valence-corrected chi connectivity index (χ3v) is 3.60. The van der Waals surface area contributed by atoms with Crippen molar-refractivity contribution in [3.05, 3.63) is 39.8 Å². The molecule has 0 aliphatic rings. The Morgan fingerprint density at radius 2 is 1.79 bits per heavy atom. The van der Waals surface area contributed by atoms with Crippen LogP contribution < -0.4 is 14.8 Å². The molecule has 0 aliphatic carbocycles. The molecule has 5 heteroatoms. The summed E-state index contributed by atoms with van der Waals surface area (Å²) in [7, 11) is 3.31. The first-order valence-electron chi connectivity index (χ1n) is 6.05. The average molecular weight is 278 g/mol. The molecule has 0 spiro atoms. The van der Waals surface area contributed by atoms with E-state index in [0.29, 0.717) is 0 Å². The van der Waals surface area contributed by atoms with Crippen LogP contribution in [0.2, 0.25) is 0 Å². The third kappa shape index (κ3) is 3.94. The highest BCUT2D eigenvalue weighted by atomic mass is 32.1. The Kier molecular flexibility index (Phi) is 4.76. The lowest BCUT2D eigenvalue weighted by Crippen LogP contribution is -2.12. The fourth-order valence-electron chi connectivity index (χ4n) is 1.77. The third-order valence-electron chi connectivity index (χ3n) is 2.69. The van der Waals surface area contributed by atoms with Crippen molar-refractivity contribution in [3.63, 3.8) is 0 Å². The normalized spacial score (nSPS) is 10.5. The zero-order valence-electron chi connectivity index (χ0n) is 11.4. The highest BCUT2D eigenvalue weighted by Gasteiger charge is 2.03. The molecular weight excluding hydrogens is 260 g/mol. The van der Waals surface area contributed by atoms with Gasteiger partial charge in [0.15, 0.2) is 0 Å². The molecule has 0 aliphatic heterocycles. The lowest BCUT2D eigenvalue weighted by molar-refractivity contribution is 0.393. The molecule has 0 fully saturated rings. The van der Waals surface area contributed by atoms with E-state index in [-0.39, 0.29) is 0 Å². The zero-order chi connectivity index (χ0) is 13.7. The number of hydrogen-bond donors (Lipinski definition) is 1. The summed E-state index contributed by atoms with van der Waals surface area (Å²) in [6.07, 6.45) is 1.90. The van der Waals surface area contributed by atoms with Gasteiger partial charge in [0.05, 0.1) is 14.2 Å². The summed E-state index contributed by atoms with van der Waals surface area (Å²) in [6.45, 7) is 3.60. The van der Waals surface area contributed by atoms with Crippen LogP contribution in [0, 0.1) is 6.92 Å². The number of hydrogen-bond acceptors (Lipinski definition) is 5. The first-order valence-corrected chi connectivity index (χ1v) is 6.87. The molecule has 0 saturated carbocycles. The molecule has 4 nitrogen and oxygen atoms in total. The fourth-order valence-corrected chi connectivity index (χ4v) is 2.52. The van der Waals surface area contributed by atoms with E-state index >= 15 is 0 Å². The first kappa shape index (κ1) is 13.8. The lowest BCUT2D eigenvalue weighted by atomic mass is 10.2. The van der Waals surface area contributed by atoms with Crippen LogP contribution in [0.4, 0.5) is 0 Å². The molecule has 0 atom stereocenters.